The Morgan fingerprint density at radius 1 is 1.29 bits per heavy atom. The quantitative estimate of drug-likeness (QED) is 0.658. The van der Waals surface area contributed by atoms with Crippen LogP contribution in [0, 0.1) is 0 Å². The zero-order valence-electron chi connectivity index (χ0n) is 11.3. The third kappa shape index (κ3) is 2.69. The Morgan fingerprint density at radius 2 is 2.10 bits per heavy atom. The molecule has 0 bridgehead atoms. The van der Waals surface area contributed by atoms with E-state index in [4.69, 9.17) is 9.15 Å². The molecule has 0 fully saturated rings. The minimum atomic E-state index is -0.357. The summed E-state index contributed by atoms with van der Waals surface area (Å²) in [5, 5.41) is 0. The number of hydrogen-bond acceptors (Lipinski definition) is 4. The van der Waals surface area contributed by atoms with Crippen molar-refractivity contribution in [1.29, 1.82) is 0 Å². The van der Waals surface area contributed by atoms with Crippen LogP contribution in [0.4, 0.5) is 0 Å². The first-order valence-electron chi connectivity index (χ1n) is 6.51. The number of aromatic nitrogens is 1. The van der Waals surface area contributed by atoms with Crippen molar-refractivity contribution in [3.8, 4) is 11.5 Å². The molecule has 3 aromatic rings. The van der Waals surface area contributed by atoms with E-state index < -0.39 is 0 Å². The highest BCUT2D eigenvalue weighted by Gasteiger charge is 2.13. The summed E-state index contributed by atoms with van der Waals surface area (Å²) < 4.78 is 11.6. The largest absolute Gasteiger partial charge is 0.462 e. The summed E-state index contributed by atoms with van der Waals surface area (Å²) in [4.78, 5) is 16.2. The molecule has 0 aliphatic carbocycles. The molecule has 0 N–H and O–H groups in total. The van der Waals surface area contributed by atoms with Crippen molar-refractivity contribution in [3.63, 3.8) is 0 Å². The number of carbonyl (C=O) groups is 1. The van der Waals surface area contributed by atoms with E-state index in [9.17, 15) is 4.79 Å². The van der Waals surface area contributed by atoms with Crippen LogP contribution >= 0.6 is 15.9 Å². The molecule has 0 radical (unpaired) electrons. The second-order valence-electron chi connectivity index (χ2n) is 4.40. The van der Waals surface area contributed by atoms with Crippen LogP contribution in [0.1, 0.15) is 17.3 Å². The van der Waals surface area contributed by atoms with Gasteiger partial charge in [-0.25, -0.2) is 9.78 Å². The third-order valence-corrected chi connectivity index (χ3v) is 3.69. The molecule has 0 aliphatic rings. The Morgan fingerprint density at radius 3 is 2.86 bits per heavy atom. The lowest BCUT2D eigenvalue weighted by atomic mass is 10.2. The summed E-state index contributed by atoms with van der Waals surface area (Å²) in [5.74, 6) is 0.156. The smallest absolute Gasteiger partial charge is 0.338 e. The maximum Gasteiger partial charge on any atom is 0.338 e. The number of rotatable bonds is 3. The highest BCUT2D eigenvalue weighted by atomic mass is 79.9. The van der Waals surface area contributed by atoms with Crippen LogP contribution in [0.15, 0.2) is 51.4 Å². The van der Waals surface area contributed by atoms with E-state index in [1.54, 1.807) is 25.1 Å². The fourth-order valence-electron chi connectivity index (χ4n) is 2.02. The molecule has 0 spiro atoms. The van der Waals surface area contributed by atoms with Crippen LogP contribution in [0.3, 0.4) is 0 Å². The number of nitrogens with zero attached hydrogens (tertiary/aromatic N) is 1. The van der Waals surface area contributed by atoms with Gasteiger partial charge in [-0.05, 0) is 53.2 Å². The summed E-state index contributed by atoms with van der Waals surface area (Å²) in [6.45, 7) is 2.12. The van der Waals surface area contributed by atoms with Crippen LogP contribution in [0.25, 0.3) is 22.6 Å². The molecule has 0 amide bonds. The minimum Gasteiger partial charge on any atom is -0.462 e. The van der Waals surface area contributed by atoms with Crippen molar-refractivity contribution in [2.24, 2.45) is 0 Å². The highest BCUT2D eigenvalue weighted by Crippen LogP contribution is 2.30. The summed E-state index contributed by atoms with van der Waals surface area (Å²) in [7, 11) is 0. The first kappa shape index (κ1) is 13.8. The van der Waals surface area contributed by atoms with Gasteiger partial charge in [-0.15, -0.1) is 0 Å². The molecule has 1 aromatic heterocycles. The fourth-order valence-corrected chi connectivity index (χ4v) is 2.47. The van der Waals surface area contributed by atoms with Crippen LogP contribution in [-0.4, -0.2) is 17.6 Å². The van der Waals surface area contributed by atoms with Crippen molar-refractivity contribution in [2.45, 2.75) is 6.92 Å². The van der Waals surface area contributed by atoms with Gasteiger partial charge in [0.15, 0.2) is 5.58 Å². The van der Waals surface area contributed by atoms with Crippen molar-refractivity contribution in [3.05, 3.63) is 52.5 Å². The molecule has 1 heterocycles. The van der Waals surface area contributed by atoms with E-state index >= 15 is 0 Å². The molecule has 2 aromatic carbocycles. The van der Waals surface area contributed by atoms with Gasteiger partial charge in [-0.3, -0.25) is 0 Å². The Bertz CT molecular complexity index is 810. The Hall–Kier alpha value is -2.14. The average Bonchev–Trinajstić information content (AvgIpc) is 2.90. The topological polar surface area (TPSA) is 52.3 Å². The zero-order valence-corrected chi connectivity index (χ0v) is 12.9. The van der Waals surface area contributed by atoms with E-state index in [0.29, 0.717) is 29.2 Å². The number of carbonyl (C=O) groups excluding carboxylic acids is 1. The standard InChI is InChI=1S/C16H12BrNO3/c1-2-20-16(19)10-7-8-14-13(9-10)18-15(21-14)11-5-3-4-6-12(11)17/h3-9H,2H2,1H3. The van der Waals surface area contributed by atoms with Crippen molar-refractivity contribution in [2.75, 3.05) is 6.61 Å². The van der Waals surface area contributed by atoms with E-state index in [-0.39, 0.29) is 5.97 Å². The molecule has 0 saturated carbocycles. The lowest BCUT2D eigenvalue weighted by Gasteiger charge is -2.00. The summed E-state index contributed by atoms with van der Waals surface area (Å²) in [5.41, 5.74) is 2.60. The molecule has 0 unspecified atom stereocenters. The summed E-state index contributed by atoms with van der Waals surface area (Å²) >= 11 is 3.47. The SMILES string of the molecule is CCOC(=O)c1ccc2oc(-c3ccccc3Br)nc2c1. The minimum absolute atomic E-state index is 0.345. The molecule has 0 atom stereocenters. The van der Waals surface area contributed by atoms with Gasteiger partial charge in [-0.1, -0.05) is 12.1 Å². The molecule has 4 nitrogen and oxygen atoms in total. The van der Waals surface area contributed by atoms with Gasteiger partial charge in [-0.2, -0.15) is 0 Å². The van der Waals surface area contributed by atoms with Gasteiger partial charge < -0.3 is 9.15 Å². The van der Waals surface area contributed by atoms with Crippen LogP contribution in [-0.2, 0) is 4.74 Å². The first-order valence-corrected chi connectivity index (χ1v) is 7.31. The number of halogens is 1. The fraction of sp³-hybridized carbons (Fsp3) is 0.125. The Balaban J connectivity index is 2.05. The second-order valence-corrected chi connectivity index (χ2v) is 5.26. The van der Waals surface area contributed by atoms with Gasteiger partial charge in [0.05, 0.1) is 17.7 Å². The zero-order chi connectivity index (χ0) is 14.8. The van der Waals surface area contributed by atoms with Gasteiger partial charge in [0.25, 0.3) is 0 Å². The first-order chi connectivity index (χ1) is 10.2. The molecule has 0 saturated heterocycles. The van der Waals surface area contributed by atoms with Gasteiger partial charge in [0.1, 0.15) is 5.52 Å². The summed E-state index contributed by atoms with van der Waals surface area (Å²) in [6.07, 6.45) is 0. The van der Waals surface area contributed by atoms with E-state index in [1.807, 2.05) is 24.3 Å². The monoisotopic (exact) mass is 345 g/mol. The van der Waals surface area contributed by atoms with Crippen LogP contribution in [0.5, 0.6) is 0 Å². The van der Waals surface area contributed by atoms with Crippen LogP contribution in [0.2, 0.25) is 0 Å². The van der Waals surface area contributed by atoms with Crippen LogP contribution < -0.4 is 0 Å². The molecular formula is C16H12BrNO3. The number of oxazole rings is 1. The number of esters is 1. The van der Waals surface area contributed by atoms with Gasteiger partial charge >= 0.3 is 5.97 Å². The van der Waals surface area contributed by atoms with Crippen molar-refractivity contribution in [1.82, 2.24) is 4.98 Å². The highest BCUT2D eigenvalue weighted by molar-refractivity contribution is 9.10. The molecule has 106 valence electrons. The maximum atomic E-state index is 11.7. The van der Waals surface area contributed by atoms with Crippen molar-refractivity contribution >= 4 is 33.0 Å². The number of fused-ring (bicyclic) bond motifs is 1. The average molecular weight is 346 g/mol. The Labute approximate surface area is 129 Å². The van der Waals surface area contributed by atoms with E-state index in [0.717, 1.165) is 10.0 Å². The molecule has 3 rings (SSSR count). The maximum absolute atomic E-state index is 11.7. The number of ether oxygens (including phenoxy) is 1. The lowest BCUT2D eigenvalue weighted by Crippen LogP contribution is -2.03. The molecular weight excluding hydrogens is 334 g/mol. The number of hydrogen-bond donors (Lipinski definition) is 0. The van der Waals surface area contributed by atoms with Crippen molar-refractivity contribution < 1.29 is 13.9 Å². The lowest BCUT2D eigenvalue weighted by molar-refractivity contribution is 0.0526. The summed E-state index contributed by atoms with van der Waals surface area (Å²) in [6, 6.07) is 12.8. The molecule has 5 heteroatoms. The van der Waals surface area contributed by atoms with Gasteiger partial charge in [0, 0.05) is 4.47 Å². The van der Waals surface area contributed by atoms with Gasteiger partial charge in [0.2, 0.25) is 5.89 Å². The normalized spacial score (nSPS) is 10.8. The van der Waals surface area contributed by atoms with E-state index in [2.05, 4.69) is 20.9 Å². The third-order valence-electron chi connectivity index (χ3n) is 3.00. The predicted octanol–water partition coefficient (Wildman–Crippen LogP) is 4.43. The Kier molecular flexibility index (Phi) is 3.75. The predicted molar refractivity (Wildman–Crippen MR) is 83.1 cm³/mol. The molecule has 0 aliphatic heterocycles. The second kappa shape index (κ2) is 5.69. The van der Waals surface area contributed by atoms with E-state index in [1.165, 1.54) is 0 Å². The number of benzene rings is 2. The molecule has 21 heavy (non-hydrogen) atoms.